The van der Waals surface area contributed by atoms with Gasteiger partial charge in [0.2, 0.25) is 5.91 Å². The zero-order valence-corrected chi connectivity index (χ0v) is 13.0. The van der Waals surface area contributed by atoms with E-state index in [0.717, 1.165) is 10.2 Å². The maximum Gasteiger partial charge on any atom is 0.232 e. The Labute approximate surface area is 119 Å². The van der Waals surface area contributed by atoms with Crippen molar-refractivity contribution in [2.75, 3.05) is 6.54 Å². The number of hydrogen-bond donors (Lipinski definition) is 2. The third-order valence-electron chi connectivity index (χ3n) is 2.47. The summed E-state index contributed by atoms with van der Waals surface area (Å²) in [6.07, 6.45) is 0.815. The lowest BCUT2D eigenvalue weighted by molar-refractivity contribution is -0.126. The molecule has 0 aromatic carbocycles. The van der Waals surface area contributed by atoms with E-state index in [-0.39, 0.29) is 10.9 Å². The van der Waals surface area contributed by atoms with Gasteiger partial charge in [-0.2, -0.15) is 0 Å². The largest absolute Gasteiger partial charge is 0.392 e. The minimum atomic E-state index is -0.786. The van der Waals surface area contributed by atoms with Crippen molar-refractivity contribution >= 4 is 50.4 Å². The summed E-state index contributed by atoms with van der Waals surface area (Å²) in [6.45, 7) is 4.05. The second-order valence-electron chi connectivity index (χ2n) is 4.20. The van der Waals surface area contributed by atoms with Crippen molar-refractivity contribution in [2.24, 2.45) is 11.1 Å². The number of carbonyl (C=O) groups is 1. The first-order valence-corrected chi connectivity index (χ1v) is 7.18. The zero-order chi connectivity index (χ0) is 13.1. The molecule has 0 spiro atoms. The molecule has 0 unspecified atom stereocenters. The first-order chi connectivity index (χ1) is 7.84. The quantitative estimate of drug-likeness (QED) is 0.813. The summed E-state index contributed by atoms with van der Waals surface area (Å²) in [5.74, 6) is -0.124. The summed E-state index contributed by atoms with van der Waals surface area (Å²) < 4.78 is 1.10. The molecule has 0 aliphatic carbocycles. The normalized spacial score (nSPS) is 11.2. The fraction of sp³-hybridized carbons (Fsp3) is 0.455. The molecule has 0 fully saturated rings. The van der Waals surface area contributed by atoms with Crippen LogP contribution < -0.4 is 11.1 Å². The molecule has 3 N–H and O–H groups in total. The Bertz CT molecular complexity index is 429. The van der Waals surface area contributed by atoms with Crippen molar-refractivity contribution in [3.8, 4) is 0 Å². The van der Waals surface area contributed by atoms with E-state index in [0.29, 0.717) is 6.54 Å². The molecular weight excluding hydrogens is 320 g/mol. The summed E-state index contributed by atoms with van der Waals surface area (Å²) in [5.41, 5.74) is 4.74. The highest BCUT2D eigenvalue weighted by Gasteiger charge is 2.30. The number of carbonyl (C=O) groups excluding carboxylic acids is 1. The molecule has 94 valence electrons. The van der Waals surface area contributed by atoms with E-state index in [9.17, 15) is 4.79 Å². The topological polar surface area (TPSA) is 55.1 Å². The van der Waals surface area contributed by atoms with Crippen LogP contribution in [0.5, 0.6) is 0 Å². The Morgan fingerprint density at radius 2 is 2.24 bits per heavy atom. The van der Waals surface area contributed by atoms with Crippen LogP contribution in [0.4, 0.5) is 0 Å². The van der Waals surface area contributed by atoms with E-state index >= 15 is 0 Å². The maximum atomic E-state index is 11.8. The Morgan fingerprint density at radius 3 is 2.71 bits per heavy atom. The van der Waals surface area contributed by atoms with E-state index in [1.54, 1.807) is 25.2 Å². The molecule has 0 aliphatic heterocycles. The predicted molar refractivity (Wildman–Crippen MR) is 79.3 cm³/mol. The maximum absolute atomic E-state index is 11.8. The van der Waals surface area contributed by atoms with Crippen molar-refractivity contribution in [1.29, 1.82) is 0 Å². The molecule has 0 aliphatic rings. The van der Waals surface area contributed by atoms with Gasteiger partial charge in [-0.3, -0.25) is 4.79 Å². The minimum Gasteiger partial charge on any atom is -0.392 e. The van der Waals surface area contributed by atoms with Crippen LogP contribution in [0, 0.1) is 5.41 Å². The zero-order valence-electron chi connectivity index (χ0n) is 9.75. The number of thiocarbonyl (C=S) groups is 1. The number of halogens is 1. The summed E-state index contributed by atoms with van der Waals surface area (Å²) in [7, 11) is 0. The van der Waals surface area contributed by atoms with Crippen LogP contribution in [0.3, 0.4) is 0 Å². The average Bonchev–Trinajstić information content (AvgIpc) is 2.63. The van der Waals surface area contributed by atoms with Gasteiger partial charge >= 0.3 is 0 Å². The molecule has 3 nitrogen and oxygen atoms in total. The van der Waals surface area contributed by atoms with E-state index in [1.807, 2.05) is 12.1 Å². The van der Waals surface area contributed by atoms with E-state index in [4.69, 9.17) is 18.0 Å². The fourth-order valence-electron chi connectivity index (χ4n) is 1.12. The number of hydrogen-bond acceptors (Lipinski definition) is 3. The molecule has 17 heavy (non-hydrogen) atoms. The first kappa shape index (κ1) is 14.6. The van der Waals surface area contributed by atoms with Crippen LogP contribution in [0.2, 0.25) is 0 Å². The third-order valence-corrected chi connectivity index (χ3v) is 4.66. The molecule has 0 radical (unpaired) electrons. The van der Waals surface area contributed by atoms with E-state index in [2.05, 4.69) is 21.2 Å². The molecule has 1 rings (SSSR count). The van der Waals surface area contributed by atoms with Crippen LogP contribution in [0.1, 0.15) is 18.7 Å². The van der Waals surface area contributed by atoms with Crippen molar-refractivity contribution in [1.82, 2.24) is 5.32 Å². The minimum absolute atomic E-state index is 0.124. The van der Waals surface area contributed by atoms with Gasteiger partial charge < -0.3 is 11.1 Å². The highest BCUT2D eigenvalue weighted by atomic mass is 79.9. The average molecular weight is 335 g/mol. The monoisotopic (exact) mass is 334 g/mol. The van der Waals surface area contributed by atoms with E-state index in [1.165, 1.54) is 4.88 Å². The number of nitrogens with one attached hydrogen (secondary N) is 1. The van der Waals surface area contributed by atoms with E-state index < -0.39 is 5.41 Å². The van der Waals surface area contributed by atoms with Crippen molar-refractivity contribution < 1.29 is 4.79 Å². The van der Waals surface area contributed by atoms with Gasteiger partial charge in [0.15, 0.2) is 0 Å². The Balaban J connectivity index is 2.42. The third kappa shape index (κ3) is 4.04. The second kappa shape index (κ2) is 5.93. The highest BCUT2D eigenvalue weighted by Crippen LogP contribution is 2.22. The van der Waals surface area contributed by atoms with Gasteiger partial charge in [0.05, 0.1) is 14.2 Å². The number of rotatable bonds is 5. The van der Waals surface area contributed by atoms with Gasteiger partial charge in [0.1, 0.15) is 0 Å². The van der Waals surface area contributed by atoms with Crippen LogP contribution in [0.15, 0.2) is 15.9 Å². The Hall–Kier alpha value is -0.460. The van der Waals surface area contributed by atoms with Crippen LogP contribution in [0.25, 0.3) is 0 Å². The molecule has 0 bridgehead atoms. The lowest BCUT2D eigenvalue weighted by atomic mass is 9.92. The molecule has 1 aromatic rings. The summed E-state index contributed by atoms with van der Waals surface area (Å²) >= 11 is 9.94. The lowest BCUT2D eigenvalue weighted by Crippen LogP contribution is -2.45. The van der Waals surface area contributed by atoms with Gasteiger partial charge in [-0.25, -0.2) is 0 Å². The fourth-order valence-corrected chi connectivity index (χ4v) is 2.69. The molecule has 1 amide bonds. The van der Waals surface area contributed by atoms with Crippen LogP contribution >= 0.6 is 39.5 Å². The number of nitrogens with two attached hydrogens (primary N) is 1. The summed E-state index contributed by atoms with van der Waals surface area (Å²) in [4.78, 5) is 13.3. The molecule has 1 aromatic heterocycles. The number of thiophene rings is 1. The predicted octanol–water partition coefficient (Wildman–Crippen LogP) is 2.48. The van der Waals surface area contributed by atoms with Crippen molar-refractivity contribution in [3.63, 3.8) is 0 Å². The SMILES string of the molecule is CC(C)(C(=O)NCCc1ccc(Br)s1)C(N)=S. The van der Waals surface area contributed by atoms with Gasteiger partial charge in [-0.05, 0) is 48.3 Å². The smallest absolute Gasteiger partial charge is 0.232 e. The lowest BCUT2D eigenvalue weighted by Gasteiger charge is -2.21. The van der Waals surface area contributed by atoms with Gasteiger partial charge in [-0.1, -0.05) is 12.2 Å². The summed E-state index contributed by atoms with van der Waals surface area (Å²) in [6, 6.07) is 4.04. The Morgan fingerprint density at radius 1 is 1.59 bits per heavy atom. The molecule has 0 atom stereocenters. The molecule has 6 heteroatoms. The van der Waals surface area contributed by atoms with Gasteiger partial charge in [0.25, 0.3) is 0 Å². The van der Waals surface area contributed by atoms with Gasteiger partial charge in [0, 0.05) is 11.4 Å². The van der Waals surface area contributed by atoms with Crippen molar-refractivity contribution in [3.05, 3.63) is 20.8 Å². The highest BCUT2D eigenvalue weighted by molar-refractivity contribution is 9.11. The molecule has 1 heterocycles. The molecular formula is C11H15BrN2OS2. The standard InChI is InChI=1S/C11H15BrN2OS2/c1-11(2,9(13)16)10(15)14-6-5-7-3-4-8(12)17-7/h3-4H,5-6H2,1-2H3,(H2,13,16)(H,14,15). The number of amides is 1. The van der Waals surface area contributed by atoms with Gasteiger partial charge in [-0.15, -0.1) is 11.3 Å². The molecule has 0 saturated carbocycles. The second-order valence-corrected chi connectivity index (χ2v) is 7.19. The van der Waals surface area contributed by atoms with Crippen LogP contribution in [-0.4, -0.2) is 17.4 Å². The Kier molecular flexibility index (Phi) is 5.09. The van der Waals surface area contributed by atoms with Crippen molar-refractivity contribution in [2.45, 2.75) is 20.3 Å². The molecule has 0 saturated heterocycles. The first-order valence-electron chi connectivity index (χ1n) is 5.16. The summed E-state index contributed by atoms with van der Waals surface area (Å²) in [5, 5.41) is 2.85. The van der Waals surface area contributed by atoms with Crippen LogP contribution in [-0.2, 0) is 11.2 Å².